The fourth-order valence-electron chi connectivity index (χ4n) is 2.10. The van der Waals surface area contributed by atoms with Crippen molar-refractivity contribution in [3.8, 4) is 0 Å². The zero-order valence-electron chi connectivity index (χ0n) is 14.2. The van der Waals surface area contributed by atoms with Crippen LogP contribution in [0.4, 0.5) is 4.79 Å². The third kappa shape index (κ3) is 4.51. The van der Waals surface area contributed by atoms with Crippen LogP contribution in [0.2, 0.25) is 0 Å². The Hall–Kier alpha value is -2.44. The van der Waals surface area contributed by atoms with Crippen LogP contribution in [0.1, 0.15) is 48.6 Å². The summed E-state index contributed by atoms with van der Waals surface area (Å²) < 4.78 is 5.16. The quantitative estimate of drug-likeness (QED) is 0.884. The van der Waals surface area contributed by atoms with Gasteiger partial charge in [-0.05, 0) is 38.3 Å². The van der Waals surface area contributed by atoms with Gasteiger partial charge in [-0.25, -0.2) is 4.79 Å². The Morgan fingerprint density at radius 1 is 1.22 bits per heavy atom. The highest BCUT2D eigenvalue weighted by Gasteiger charge is 2.23. The third-order valence-electron chi connectivity index (χ3n) is 3.60. The van der Waals surface area contributed by atoms with E-state index in [4.69, 9.17) is 4.52 Å². The van der Waals surface area contributed by atoms with Gasteiger partial charge in [0.15, 0.2) is 5.82 Å². The molecule has 0 aliphatic heterocycles. The zero-order chi connectivity index (χ0) is 17.0. The van der Waals surface area contributed by atoms with Crippen LogP contribution in [0, 0.1) is 26.7 Å². The molecule has 7 heteroatoms. The van der Waals surface area contributed by atoms with E-state index in [1.807, 2.05) is 39.8 Å². The van der Waals surface area contributed by atoms with Gasteiger partial charge in [0.25, 0.3) is 0 Å². The molecule has 1 atom stereocenters. The molecule has 2 aromatic rings. The van der Waals surface area contributed by atoms with Crippen molar-refractivity contribution in [2.45, 2.75) is 47.2 Å². The van der Waals surface area contributed by atoms with Crippen molar-refractivity contribution in [1.29, 1.82) is 0 Å². The lowest BCUT2D eigenvalue weighted by Gasteiger charge is -2.18. The van der Waals surface area contributed by atoms with Crippen LogP contribution in [-0.2, 0) is 6.54 Å². The van der Waals surface area contributed by atoms with E-state index in [-0.39, 0.29) is 18.0 Å². The summed E-state index contributed by atoms with van der Waals surface area (Å²) in [7, 11) is 0. The van der Waals surface area contributed by atoms with Crippen molar-refractivity contribution in [1.82, 2.24) is 25.8 Å². The predicted molar refractivity (Wildman–Crippen MR) is 85.7 cm³/mol. The van der Waals surface area contributed by atoms with Gasteiger partial charge >= 0.3 is 6.03 Å². The van der Waals surface area contributed by atoms with Gasteiger partial charge in [0.05, 0.1) is 12.2 Å². The Balaban J connectivity index is 1.95. The molecule has 2 rings (SSSR count). The van der Waals surface area contributed by atoms with Gasteiger partial charge in [-0.3, -0.25) is 4.98 Å². The molecule has 23 heavy (non-hydrogen) atoms. The predicted octanol–water partition coefficient (Wildman–Crippen LogP) is 2.59. The Labute approximate surface area is 135 Å². The number of rotatable bonds is 5. The molecule has 0 aliphatic rings. The Bertz CT molecular complexity index is 681. The summed E-state index contributed by atoms with van der Waals surface area (Å²) in [6.07, 6.45) is 0. The Morgan fingerprint density at radius 3 is 2.52 bits per heavy atom. The van der Waals surface area contributed by atoms with E-state index in [0.29, 0.717) is 18.3 Å². The van der Waals surface area contributed by atoms with Crippen LogP contribution < -0.4 is 10.6 Å². The Morgan fingerprint density at radius 2 is 1.96 bits per heavy atom. The van der Waals surface area contributed by atoms with Gasteiger partial charge in [0, 0.05) is 5.69 Å². The molecule has 2 heterocycles. The molecule has 1 unspecified atom stereocenters. The van der Waals surface area contributed by atoms with E-state index in [2.05, 4.69) is 25.8 Å². The van der Waals surface area contributed by atoms with Crippen molar-refractivity contribution in [2.75, 3.05) is 0 Å². The number of pyridine rings is 1. The third-order valence-corrected chi connectivity index (χ3v) is 3.60. The second-order valence-electron chi connectivity index (χ2n) is 5.93. The van der Waals surface area contributed by atoms with Crippen molar-refractivity contribution in [2.24, 2.45) is 5.92 Å². The van der Waals surface area contributed by atoms with Gasteiger partial charge in [0.1, 0.15) is 6.04 Å². The summed E-state index contributed by atoms with van der Waals surface area (Å²) in [6.45, 7) is 10.0. The van der Waals surface area contributed by atoms with Gasteiger partial charge in [-0.2, -0.15) is 4.98 Å². The molecule has 0 radical (unpaired) electrons. The maximum Gasteiger partial charge on any atom is 0.315 e. The van der Waals surface area contributed by atoms with Crippen molar-refractivity contribution < 1.29 is 9.32 Å². The summed E-state index contributed by atoms with van der Waals surface area (Å²) in [4.78, 5) is 20.8. The standard InChI is InChI=1S/C16H23N5O2/c1-9(2)14(15-19-12(5)21-23-15)20-16(22)17-8-13-7-6-10(3)11(4)18-13/h6-7,9,14H,8H2,1-5H3,(H2,17,20,22). The number of aromatic nitrogens is 3. The van der Waals surface area contributed by atoms with E-state index in [1.54, 1.807) is 6.92 Å². The number of urea groups is 1. The molecule has 0 aromatic carbocycles. The number of aryl methyl sites for hydroxylation is 3. The average molecular weight is 317 g/mol. The highest BCUT2D eigenvalue weighted by Crippen LogP contribution is 2.19. The summed E-state index contributed by atoms with van der Waals surface area (Å²) >= 11 is 0. The smallest absolute Gasteiger partial charge is 0.315 e. The Kier molecular flexibility index (Phi) is 5.31. The normalized spacial score (nSPS) is 12.3. The number of nitrogens with one attached hydrogen (secondary N) is 2. The largest absolute Gasteiger partial charge is 0.337 e. The molecule has 0 fully saturated rings. The van der Waals surface area contributed by atoms with Crippen LogP contribution in [-0.4, -0.2) is 21.2 Å². The number of carbonyl (C=O) groups is 1. The fourth-order valence-corrected chi connectivity index (χ4v) is 2.10. The van der Waals surface area contributed by atoms with Crippen molar-refractivity contribution in [3.05, 3.63) is 40.8 Å². The lowest BCUT2D eigenvalue weighted by molar-refractivity contribution is 0.224. The highest BCUT2D eigenvalue weighted by atomic mass is 16.5. The molecule has 0 saturated carbocycles. The molecule has 0 aliphatic carbocycles. The average Bonchev–Trinajstić information content (AvgIpc) is 2.92. The first-order chi connectivity index (χ1) is 10.9. The molecule has 2 amide bonds. The lowest BCUT2D eigenvalue weighted by Crippen LogP contribution is -2.39. The van der Waals surface area contributed by atoms with Crippen LogP contribution in [0.5, 0.6) is 0 Å². The molecule has 0 bridgehead atoms. The van der Waals surface area contributed by atoms with E-state index in [1.165, 1.54) is 0 Å². The first-order valence-electron chi connectivity index (χ1n) is 7.64. The number of nitrogens with zero attached hydrogens (tertiary/aromatic N) is 3. The van der Waals surface area contributed by atoms with Gasteiger partial charge in [-0.15, -0.1) is 0 Å². The molecule has 2 N–H and O–H groups in total. The molecule has 124 valence electrons. The van der Waals surface area contributed by atoms with Gasteiger partial charge in [0.2, 0.25) is 5.89 Å². The first-order valence-corrected chi connectivity index (χ1v) is 7.64. The molecule has 2 aromatic heterocycles. The lowest BCUT2D eigenvalue weighted by atomic mass is 10.0. The summed E-state index contributed by atoms with van der Waals surface area (Å²) in [5.41, 5.74) is 2.91. The summed E-state index contributed by atoms with van der Waals surface area (Å²) in [5, 5.41) is 9.44. The zero-order valence-corrected chi connectivity index (χ0v) is 14.2. The topological polar surface area (TPSA) is 92.9 Å². The van der Waals surface area contributed by atoms with Crippen LogP contribution in [0.3, 0.4) is 0 Å². The minimum absolute atomic E-state index is 0.125. The van der Waals surface area contributed by atoms with Crippen molar-refractivity contribution in [3.63, 3.8) is 0 Å². The molecule has 0 saturated heterocycles. The monoisotopic (exact) mass is 317 g/mol. The maximum absolute atomic E-state index is 12.1. The van der Waals surface area contributed by atoms with Crippen LogP contribution in [0.25, 0.3) is 0 Å². The number of amides is 2. The van der Waals surface area contributed by atoms with Gasteiger partial charge in [-0.1, -0.05) is 25.1 Å². The van der Waals surface area contributed by atoms with E-state index in [0.717, 1.165) is 17.0 Å². The van der Waals surface area contributed by atoms with E-state index >= 15 is 0 Å². The van der Waals surface area contributed by atoms with Crippen molar-refractivity contribution >= 4 is 6.03 Å². The summed E-state index contributed by atoms with van der Waals surface area (Å²) in [5.74, 6) is 1.09. The molecular weight excluding hydrogens is 294 g/mol. The molecule has 0 spiro atoms. The number of hydrogen-bond donors (Lipinski definition) is 2. The first kappa shape index (κ1) is 16.9. The summed E-state index contributed by atoms with van der Waals surface area (Å²) in [6, 6.07) is 3.28. The minimum atomic E-state index is -0.330. The van der Waals surface area contributed by atoms with Crippen LogP contribution in [0.15, 0.2) is 16.7 Å². The van der Waals surface area contributed by atoms with E-state index < -0.39 is 0 Å². The number of carbonyl (C=O) groups excluding carboxylic acids is 1. The van der Waals surface area contributed by atoms with E-state index in [9.17, 15) is 4.79 Å². The molecule has 7 nitrogen and oxygen atoms in total. The minimum Gasteiger partial charge on any atom is -0.337 e. The second kappa shape index (κ2) is 7.21. The van der Waals surface area contributed by atoms with Crippen LogP contribution >= 0.6 is 0 Å². The molecular formula is C16H23N5O2. The SMILES string of the molecule is Cc1noc(C(NC(=O)NCc2ccc(C)c(C)n2)C(C)C)n1. The highest BCUT2D eigenvalue weighted by molar-refractivity contribution is 5.74. The van der Waals surface area contributed by atoms with Gasteiger partial charge < -0.3 is 15.2 Å². The maximum atomic E-state index is 12.1. The fraction of sp³-hybridized carbons (Fsp3) is 0.500. The second-order valence-corrected chi connectivity index (χ2v) is 5.93. The number of hydrogen-bond acceptors (Lipinski definition) is 5.